The van der Waals surface area contributed by atoms with Gasteiger partial charge in [0.25, 0.3) is 0 Å². The Hall–Kier alpha value is -2.79. The summed E-state index contributed by atoms with van der Waals surface area (Å²) in [7, 11) is 1.56. The zero-order valence-corrected chi connectivity index (χ0v) is 17.5. The normalized spacial score (nSPS) is 14.1. The number of benzene rings is 2. The lowest BCUT2D eigenvalue weighted by atomic mass is 9.99. The molecular formula is C24H28O5. The molecule has 1 heterocycles. The highest BCUT2D eigenvalue weighted by atomic mass is 16.5. The van der Waals surface area contributed by atoms with Crippen LogP contribution in [0.4, 0.5) is 0 Å². The highest BCUT2D eigenvalue weighted by Gasteiger charge is 2.25. The maximum Gasteiger partial charge on any atom is 0.203 e. The number of ketones is 1. The van der Waals surface area contributed by atoms with Gasteiger partial charge in [0.15, 0.2) is 6.61 Å². The van der Waals surface area contributed by atoms with E-state index in [4.69, 9.17) is 14.2 Å². The minimum atomic E-state index is -0.422. The predicted octanol–water partition coefficient (Wildman–Crippen LogP) is 4.59. The maximum absolute atomic E-state index is 12.8. The number of ether oxygens (including phenoxy) is 3. The first kappa shape index (κ1) is 20.9. The van der Waals surface area contributed by atoms with E-state index in [0.29, 0.717) is 28.4 Å². The lowest BCUT2D eigenvalue weighted by Crippen LogP contribution is -2.27. The van der Waals surface area contributed by atoms with Gasteiger partial charge in [-0.15, -0.1) is 0 Å². The summed E-state index contributed by atoms with van der Waals surface area (Å²) < 4.78 is 17.3. The smallest absolute Gasteiger partial charge is 0.203 e. The second-order valence-electron chi connectivity index (χ2n) is 7.66. The summed E-state index contributed by atoms with van der Waals surface area (Å²) >= 11 is 0. The molecule has 0 radical (unpaired) electrons. The zero-order chi connectivity index (χ0) is 21.0. The van der Waals surface area contributed by atoms with Crippen LogP contribution in [0.25, 0.3) is 6.08 Å². The molecule has 0 spiro atoms. The number of rotatable bonds is 8. The molecule has 1 N–H and O–H groups in total. The van der Waals surface area contributed by atoms with Gasteiger partial charge in [-0.3, -0.25) is 4.79 Å². The van der Waals surface area contributed by atoms with Crippen molar-refractivity contribution in [2.75, 3.05) is 13.7 Å². The van der Waals surface area contributed by atoms with Crippen molar-refractivity contribution in [1.29, 1.82) is 0 Å². The molecule has 5 heteroatoms. The van der Waals surface area contributed by atoms with Crippen molar-refractivity contribution in [3.63, 3.8) is 0 Å². The van der Waals surface area contributed by atoms with E-state index >= 15 is 0 Å². The Morgan fingerprint density at radius 2 is 2.00 bits per heavy atom. The number of carbonyl (C=O) groups is 1. The summed E-state index contributed by atoms with van der Waals surface area (Å²) in [6.07, 6.45) is 5.80. The van der Waals surface area contributed by atoms with Gasteiger partial charge in [-0.05, 0) is 62.2 Å². The third-order valence-corrected chi connectivity index (χ3v) is 4.88. The second kappa shape index (κ2) is 8.70. The number of aliphatic hydroxyl groups is 1. The SMILES string of the molecule is CCCc1ccc(C(=O)COc2c(CO)ccc3c2C=CC(C)(C)O3)c(OC)c1. The summed E-state index contributed by atoms with van der Waals surface area (Å²) in [5.74, 6) is 1.49. The van der Waals surface area contributed by atoms with Crippen LogP contribution in [-0.2, 0) is 13.0 Å². The minimum Gasteiger partial charge on any atom is -0.496 e. The number of fused-ring (bicyclic) bond motifs is 1. The standard InChI is InChI=1S/C24H28O5/c1-5-6-16-7-9-18(22(13-16)27-4)20(26)15-28-23-17(14-25)8-10-21-19(23)11-12-24(2,3)29-21/h7-13,25H,5-6,14-15H2,1-4H3. The van der Waals surface area contributed by atoms with Crippen LogP contribution in [0.5, 0.6) is 17.2 Å². The lowest BCUT2D eigenvalue weighted by molar-refractivity contribution is 0.0914. The van der Waals surface area contributed by atoms with Crippen molar-refractivity contribution in [3.8, 4) is 17.2 Å². The monoisotopic (exact) mass is 396 g/mol. The second-order valence-corrected chi connectivity index (χ2v) is 7.66. The lowest BCUT2D eigenvalue weighted by Gasteiger charge is -2.29. The van der Waals surface area contributed by atoms with E-state index in [-0.39, 0.29) is 19.0 Å². The number of hydrogen-bond acceptors (Lipinski definition) is 5. The summed E-state index contributed by atoms with van der Waals surface area (Å²) in [4.78, 5) is 12.8. The zero-order valence-electron chi connectivity index (χ0n) is 17.5. The van der Waals surface area contributed by atoms with Gasteiger partial charge < -0.3 is 19.3 Å². The van der Waals surface area contributed by atoms with Gasteiger partial charge in [-0.25, -0.2) is 0 Å². The fourth-order valence-corrected chi connectivity index (χ4v) is 3.40. The molecule has 1 aliphatic heterocycles. The average molecular weight is 396 g/mol. The number of carbonyl (C=O) groups excluding carboxylic acids is 1. The molecule has 0 fully saturated rings. The van der Waals surface area contributed by atoms with Crippen molar-refractivity contribution in [3.05, 3.63) is 58.7 Å². The maximum atomic E-state index is 12.8. The van der Waals surface area contributed by atoms with Crippen LogP contribution >= 0.6 is 0 Å². The highest BCUT2D eigenvalue weighted by molar-refractivity contribution is 6.00. The highest BCUT2D eigenvalue weighted by Crippen LogP contribution is 2.39. The van der Waals surface area contributed by atoms with Crippen LogP contribution in [0.1, 0.15) is 54.2 Å². The van der Waals surface area contributed by atoms with Crippen molar-refractivity contribution < 1.29 is 24.1 Å². The van der Waals surface area contributed by atoms with E-state index in [1.807, 2.05) is 44.2 Å². The van der Waals surface area contributed by atoms with Crippen LogP contribution in [0.15, 0.2) is 36.4 Å². The summed E-state index contributed by atoms with van der Waals surface area (Å²) in [6, 6.07) is 9.21. The van der Waals surface area contributed by atoms with E-state index in [2.05, 4.69) is 6.92 Å². The van der Waals surface area contributed by atoms with Crippen LogP contribution in [0, 0.1) is 0 Å². The van der Waals surface area contributed by atoms with Gasteiger partial charge in [-0.1, -0.05) is 19.4 Å². The Morgan fingerprint density at radius 1 is 1.21 bits per heavy atom. The van der Waals surface area contributed by atoms with Crippen molar-refractivity contribution in [2.24, 2.45) is 0 Å². The summed E-state index contributed by atoms with van der Waals surface area (Å²) in [6.45, 7) is 5.68. The van der Waals surface area contributed by atoms with Gasteiger partial charge in [0.05, 0.1) is 24.8 Å². The first-order valence-electron chi connectivity index (χ1n) is 9.86. The molecule has 0 saturated heterocycles. The van der Waals surface area contributed by atoms with Gasteiger partial charge in [0.1, 0.15) is 22.8 Å². The summed E-state index contributed by atoms with van der Waals surface area (Å²) in [5.41, 5.74) is 2.53. The molecule has 0 amide bonds. The number of hydrogen-bond donors (Lipinski definition) is 1. The van der Waals surface area contributed by atoms with Crippen LogP contribution in [0.2, 0.25) is 0 Å². The number of methoxy groups -OCH3 is 1. The fourth-order valence-electron chi connectivity index (χ4n) is 3.40. The minimum absolute atomic E-state index is 0.163. The van der Waals surface area contributed by atoms with Crippen molar-refractivity contribution in [1.82, 2.24) is 0 Å². The molecule has 0 aromatic heterocycles. The number of aryl methyl sites for hydroxylation is 1. The van der Waals surface area contributed by atoms with Crippen molar-refractivity contribution in [2.45, 2.75) is 45.8 Å². The molecule has 0 aliphatic carbocycles. The number of Topliss-reactive ketones (excluding diaryl/α,β-unsaturated/α-hetero) is 1. The van der Waals surface area contributed by atoms with E-state index in [1.54, 1.807) is 19.2 Å². The van der Waals surface area contributed by atoms with E-state index in [0.717, 1.165) is 24.0 Å². The first-order chi connectivity index (χ1) is 13.9. The molecule has 5 nitrogen and oxygen atoms in total. The van der Waals surface area contributed by atoms with Gasteiger partial charge in [0.2, 0.25) is 5.78 Å². The first-order valence-corrected chi connectivity index (χ1v) is 9.86. The Bertz CT molecular complexity index is 927. The average Bonchev–Trinajstić information content (AvgIpc) is 2.70. The number of aliphatic hydroxyl groups excluding tert-OH is 1. The molecule has 0 atom stereocenters. The van der Waals surface area contributed by atoms with E-state index in [9.17, 15) is 9.90 Å². The third-order valence-electron chi connectivity index (χ3n) is 4.88. The van der Waals surface area contributed by atoms with Crippen LogP contribution < -0.4 is 14.2 Å². The van der Waals surface area contributed by atoms with E-state index in [1.165, 1.54) is 0 Å². The fraction of sp³-hybridized carbons (Fsp3) is 0.375. The molecule has 0 saturated carbocycles. The molecule has 1 aliphatic rings. The van der Waals surface area contributed by atoms with Gasteiger partial charge in [-0.2, -0.15) is 0 Å². The molecular weight excluding hydrogens is 368 g/mol. The molecule has 3 rings (SSSR count). The van der Waals surface area contributed by atoms with Gasteiger partial charge in [0, 0.05) is 5.56 Å². The largest absolute Gasteiger partial charge is 0.496 e. The molecule has 29 heavy (non-hydrogen) atoms. The molecule has 2 aromatic rings. The van der Waals surface area contributed by atoms with Crippen LogP contribution in [0.3, 0.4) is 0 Å². The Morgan fingerprint density at radius 3 is 2.69 bits per heavy atom. The van der Waals surface area contributed by atoms with Gasteiger partial charge >= 0.3 is 0 Å². The molecule has 154 valence electrons. The Labute approximate surface area is 171 Å². The quantitative estimate of drug-likeness (QED) is 0.662. The van der Waals surface area contributed by atoms with Crippen molar-refractivity contribution >= 4 is 11.9 Å². The predicted molar refractivity (Wildman–Crippen MR) is 113 cm³/mol. The Balaban J connectivity index is 1.84. The topological polar surface area (TPSA) is 65.0 Å². The summed E-state index contributed by atoms with van der Waals surface area (Å²) in [5, 5.41) is 9.72. The van der Waals surface area contributed by atoms with Crippen LogP contribution in [-0.4, -0.2) is 30.2 Å². The Kier molecular flexibility index (Phi) is 6.28. The molecule has 2 aromatic carbocycles. The third kappa shape index (κ3) is 4.62. The molecule has 0 bridgehead atoms. The van der Waals surface area contributed by atoms with E-state index < -0.39 is 5.60 Å². The molecule has 0 unspecified atom stereocenters.